The van der Waals surface area contributed by atoms with E-state index in [1.165, 1.54) is 0 Å². The Labute approximate surface area is 123 Å². The second-order valence-corrected chi connectivity index (χ2v) is 5.87. The molecule has 19 heavy (non-hydrogen) atoms. The lowest BCUT2D eigenvalue weighted by atomic mass is 9.91. The van der Waals surface area contributed by atoms with Gasteiger partial charge in [0.1, 0.15) is 0 Å². The first kappa shape index (κ1) is 14.6. The molecule has 1 fully saturated rings. The van der Waals surface area contributed by atoms with E-state index in [1.54, 1.807) is 18.2 Å². The molecule has 0 bridgehead atoms. The van der Waals surface area contributed by atoms with Crippen molar-refractivity contribution in [2.45, 2.75) is 44.2 Å². The molecule has 3 N–H and O–H groups in total. The molecular weight excluding hydrogens is 283 g/mol. The van der Waals surface area contributed by atoms with Gasteiger partial charge in [-0.05, 0) is 43.4 Å². The number of halogens is 2. The molecule has 0 saturated heterocycles. The predicted octanol–water partition coefficient (Wildman–Crippen LogP) is 2.92. The fourth-order valence-electron chi connectivity index (χ4n) is 2.40. The highest BCUT2D eigenvalue weighted by atomic mass is 35.5. The van der Waals surface area contributed by atoms with Gasteiger partial charge in [0.25, 0.3) is 0 Å². The van der Waals surface area contributed by atoms with Crippen LogP contribution in [0.1, 0.15) is 31.2 Å². The van der Waals surface area contributed by atoms with Crippen molar-refractivity contribution in [2.75, 3.05) is 0 Å². The van der Waals surface area contributed by atoms with E-state index in [-0.39, 0.29) is 24.4 Å². The molecule has 1 aliphatic rings. The quantitative estimate of drug-likeness (QED) is 0.902. The molecule has 2 rings (SSSR count). The Morgan fingerprint density at radius 2 is 1.79 bits per heavy atom. The van der Waals surface area contributed by atoms with E-state index in [1.807, 2.05) is 0 Å². The smallest absolute Gasteiger partial charge is 0.224 e. The average Bonchev–Trinajstić information content (AvgIpc) is 2.37. The third-order valence-electron chi connectivity index (χ3n) is 3.54. The van der Waals surface area contributed by atoms with Crippen LogP contribution in [0.5, 0.6) is 0 Å². The fraction of sp³-hybridized carbons (Fsp3) is 0.500. The number of nitrogens with two attached hydrogens (primary N) is 1. The van der Waals surface area contributed by atoms with Crippen LogP contribution in [-0.4, -0.2) is 18.0 Å². The number of hydrogen-bond acceptors (Lipinski definition) is 2. The van der Waals surface area contributed by atoms with Crippen molar-refractivity contribution in [3.8, 4) is 0 Å². The van der Waals surface area contributed by atoms with Gasteiger partial charge in [0, 0.05) is 22.1 Å². The summed E-state index contributed by atoms with van der Waals surface area (Å²) in [5.74, 6) is -0.0320. The van der Waals surface area contributed by atoms with Crippen LogP contribution in [0.2, 0.25) is 10.0 Å². The van der Waals surface area contributed by atoms with Crippen LogP contribution >= 0.6 is 23.2 Å². The molecule has 1 saturated carbocycles. The molecule has 0 unspecified atom stereocenters. The standard InChI is InChI=1S/C14H18Cl2N2O/c15-12-2-1-3-13(16)11(12)8-14(19)18-10-6-4-9(17)5-7-10/h1-3,9-10H,4-8,17H2,(H,18,19). The molecule has 0 heterocycles. The van der Waals surface area contributed by atoms with Crippen LogP contribution in [0.3, 0.4) is 0 Å². The second kappa shape index (κ2) is 6.60. The Hall–Kier alpha value is -0.770. The van der Waals surface area contributed by atoms with Gasteiger partial charge in [-0.25, -0.2) is 0 Å². The lowest BCUT2D eigenvalue weighted by molar-refractivity contribution is -0.121. The highest BCUT2D eigenvalue weighted by Gasteiger charge is 2.20. The summed E-state index contributed by atoms with van der Waals surface area (Å²) in [6.45, 7) is 0. The SMILES string of the molecule is NC1CCC(NC(=O)Cc2c(Cl)cccc2Cl)CC1. The molecule has 0 spiro atoms. The van der Waals surface area contributed by atoms with E-state index in [2.05, 4.69) is 5.32 Å². The monoisotopic (exact) mass is 300 g/mol. The Morgan fingerprint density at radius 1 is 1.21 bits per heavy atom. The van der Waals surface area contributed by atoms with Gasteiger partial charge in [0.05, 0.1) is 6.42 Å². The summed E-state index contributed by atoms with van der Waals surface area (Å²) in [6, 6.07) is 5.78. The van der Waals surface area contributed by atoms with Crippen molar-refractivity contribution in [1.29, 1.82) is 0 Å². The minimum Gasteiger partial charge on any atom is -0.353 e. The minimum absolute atomic E-state index is 0.0320. The van der Waals surface area contributed by atoms with Crippen LogP contribution in [0.15, 0.2) is 18.2 Å². The van der Waals surface area contributed by atoms with Gasteiger partial charge >= 0.3 is 0 Å². The normalized spacial score (nSPS) is 23.1. The third kappa shape index (κ3) is 4.10. The van der Waals surface area contributed by atoms with Crippen LogP contribution < -0.4 is 11.1 Å². The number of amides is 1. The second-order valence-electron chi connectivity index (χ2n) is 5.06. The number of benzene rings is 1. The van der Waals surface area contributed by atoms with Gasteiger partial charge in [-0.15, -0.1) is 0 Å². The first-order chi connectivity index (χ1) is 9.06. The highest BCUT2D eigenvalue weighted by molar-refractivity contribution is 6.36. The molecule has 5 heteroatoms. The van der Waals surface area contributed by atoms with Crippen LogP contribution in [0.25, 0.3) is 0 Å². The van der Waals surface area contributed by atoms with Crippen molar-refractivity contribution in [3.63, 3.8) is 0 Å². The molecule has 1 amide bonds. The van der Waals surface area contributed by atoms with Crippen molar-refractivity contribution >= 4 is 29.1 Å². The molecule has 0 radical (unpaired) electrons. The number of carbonyl (C=O) groups is 1. The maximum Gasteiger partial charge on any atom is 0.224 e. The summed E-state index contributed by atoms with van der Waals surface area (Å²) in [7, 11) is 0. The number of rotatable bonds is 3. The van der Waals surface area contributed by atoms with Crippen molar-refractivity contribution in [1.82, 2.24) is 5.32 Å². The highest BCUT2D eigenvalue weighted by Crippen LogP contribution is 2.25. The maximum absolute atomic E-state index is 12.0. The molecule has 0 atom stereocenters. The molecule has 1 aromatic carbocycles. The molecule has 3 nitrogen and oxygen atoms in total. The minimum atomic E-state index is -0.0320. The predicted molar refractivity (Wildman–Crippen MR) is 78.5 cm³/mol. The molecule has 104 valence electrons. The lowest BCUT2D eigenvalue weighted by Crippen LogP contribution is -2.41. The molecular formula is C14H18Cl2N2O. The van der Waals surface area contributed by atoms with E-state index in [9.17, 15) is 4.79 Å². The van der Waals surface area contributed by atoms with E-state index in [0.29, 0.717) is 15.6 Å². The zero-order valence-electron chi connectivity index (χ0n) is 10.7. The third-order valence-corrected chi connectivity index (χ3v) is 4.24. The Kier molecular flexibility index (Phi) is 5.08. The summed E-state index contributed by atoms with van der Waals surface area (Å²) >= 11 is 12.1. The topological polar surface area (TPSA) is 55.1 Å². The molecule has 0 aromatic heterocycles. The molecule has 1 aromatic rings. The van der Waals surface area contributed by atoms with Gasteiger partial charge in [-0.2, -0.15) is 0 Å². The number of hydrogen-bond donors (Lipinski definition) is 2. The van der Waals surface area contributed by atoms with E-state index < -0.39 is 0 Å². The Bertz CT molecular complexity index is 437. The first-order valence-electron chi connectivity index (χ1n) is 6.54. The van der Waals surface area contributed by atoms with Crippen molar-refractivity contribution in [2.24, 2.45) is 5.73 Å². The number of nitrogens with one attached hydrogen (secondary N) is 1. The zero-order valence-corrected chi connectivity index (χ0v) is 12.2. The Balaban J connectivity index is 1.91. The van der Waals surface area contributed by atoms with Gasteiger partial charge in [0.2, 0.25) is 5.91 Å². The zero-order chi connectivity index (χ0) is 13.8. The van der Waals surface area contributed by atoms with Crippen LogP contribution in [0, 0.1) is 0 Å². The van der Waals surface area contributed by atoms with Crippen LogP contribution in [-0.2, 0) is 11.2 Å². The average molecular weight is 301 g/mol. The Morgan fingerprint density at radius 3 is 2.37 bits per heavy atom. The summed E-state index contributed by atoms with van der Waals surface area (Å²) in [6.07, 6.45) is 4.06. The van der Waals surface area contributed by atoms with Gasteiger partial charge in [-0.1, -0.05) is 29.3 Å². The van der Waals surface area contributed by atoms with E-state index in [0.717, 1.165) is 25.7 Å². The summed E-state index contributed by atoms with van der Waals surface area (Å²) in [5.41, 5.74) is 6.53. The van der Waals surface area contributed by atoms with E-state index in [4.69, 9.17) is 28.9 Å². The van der Waals surface area contributed by atoms with Crippen molar-refractivity contribution in [3.05, 3.63) is 33.8 Å². The molecule has 1 aliphatic carbocycles. The summed E-state index contributed by atoms with van der Waals surface area (Å²) < 4.78 is 0. The van der Waals surface area contributed by atoms with Crippen molar-refractivity contribution < 1.29 is 4.79 Å². The van der Waals surface area contributed by atoms with E-state index >= 15 is 0 Å². The summed E-state index contributed by atoms with van der Waals surface area (Å²) in [5, 5.41) is 4.10. The summed E-state index contributed by atoms with van der Waals surface area (Å²) in [4.78, 5) is 12.0. The number of carbonyl (C=O) groups excluding carboxylic acids is 1. The first-order valence-corrected chi connectivity index (χ1v) is 7.29. The fourth-order valence-corrected chi connectivity index (χ4v) is 2.94. The molecule has 0 aliphatic heterocycles. The largest absolute Gasteiger partial charge is 0.353 e. The van der Waals surface area contributed by atoms with Crippen LogP contribution in [0.4, 0.5) is 0 Å². The van der Waals surface area contributed by atoms with Gasteiger partial charge in [-0.3, -0.25) is 4.79 Å². The van der Waals surface area contributed by atoms with Gasteiger partial charge < -0.3 is 11.1 Å². The maximum atomic E-state index is 12.0. The van der Waals surface area contributed by atoms with Gasteiger partial charge in [0.15, 0.2) is 0 Å². The lowest BCUT2D eigenvalue weighted by Gasteiger charge is -2.26.